The number of aliphatic imine (C=N–C) groups is 1. The maximum absolute atomic E-state index is 5.66. The van der Waals surface area contributed by atoms with Crippen molar-refractivity contribution in [3.63, 3.8) is 0 Å². The number of aryl methyl sites for hydroxylation is 2. The summed E-state index contributed by atoms with van der Waals surface area (Å²) < 4.78 is 0. The molecule has 0 atom stereocenters. The van der Waals surface area contributed by atoms with E-state index in [4.69, 9.17) is 10.8 Å². The van der Waals surface area contributed by atoms with Gasteiger partial charge in [0.1, 0.15) is 5.84 Å². The molecular weight excluding hydrogens is 246 g/mol. The summed E-state index contributed by atoms with van der Waals surface area (Å²) in [5.41, 5.74) is 6.74. The van der Waals surface area contributed by atoms with Gasteiger partial charge in [0, 0.05) is 6.42 Å². The van der Waals surface area contributed by atoms with Crippen LogP contribution in [0.2, 0.25) is 0 Å². The highest BCUT2D eigenvalue weighted by Crippen LogP contribution is 2.20. The molecule has 110 valence electrons. The lowest BCUT2D eigenvalue weighted by molar-refractivity contribution is 0.581. The van der Waals surface area contributed by atoms with Crippen molar-refractivity contribution < 1.29 is 0 Å². The Morgan fingerprint density at radius 2 is 1.85 bits per heavy atom. The maximum atomic E-state index is 5.66. The summed E-state index contributed by atoms with van der Waals surface area (Å²) in [7, 11) is 0. The first-order valence-corrected chi connectivity index (χ1v) is 7.78. The highest BCUT2D eigenvalue weighted by molar-refractivity contribution is 5.84. The average molecular weight is 273 g/mol. The molecule has 1 saturated carbocycles. The summed E-state index contributed by atoms with van der Waals surface area (Å²) >= 11 is 0. The number of nitrogens with two attached hydrogens (primary N) is 1. The maximum Gasteiger partial charge on any atom is 0.115 e. The van der Waals surface area contributed by atoms with Crippen LogP contribution in [0.3, 0.4) is 0 Å². The van der Waals surface area contributed by atoms with Gasteiger partial charge in [-0.25, -0.2) is 5.84 Å². The lowest BCUT2D eigenvalue weighted by atomic mass is 10.0. The molecule has 0 spiro atoms. The third-order valence-electron chi connectivity index (χ3n) is 4.27. The summed E-state index contributed by atoms with van der Waals surface area (Å²) in [5.74, 6) is 6.58. The minimum absolute atomic E-state index is 0.454. The Bertz CT molecular complexity index is 457. The fraction of sp³-hybridized carbons (Fsp3) is 0.588. The van der Waals surface area contributed by atoms with Crippen molar-refractivity contribution in [3.05, 3.63) is 34.9 Å². The molecule has 0 heterocycles. The van der Waals surface area contributed by atoms with Gasteiger partial charge >= 0.3 is 0 Å². The van der Waals surface area contributed by atoms with Crippen LogP contribution in [0.15, 0.2) is 23.2 Å². The van der Waals surface area contributed by atoms with E-state index in [0.717, 1.165) is 12.3 Å². The first kappa shape index (κ1) is 15.0. The smallest absolute Gasteiger partial charge is 0.115 e. The van der Waals surface area contributed by atoms with Crippen molar-refractivity contribution in [3.8, 4) is 0 Å². The summed E-state index contributed by atoms with van der Waals surface area (Å²) in [5, 5.41) is 0. The Hall–Kier alpha value is -1.35. The van der Waals surface area contributed by atoms with Gasteiger partial charge in [0.05, 0.1) is 6.04 Å². The van der Waals surface area contributed by atoms with Crippen molar-refractivity contribution in [1.29, 1.82) is 0 Å². The minimum Gasteiger partial charge on any atom is -0.312 e. The molecule has 2 rings (SSSR count). The predicted octanol–water partition coefficient (Wildman–Crippen LogP) is 3.43. The highest BCUT2D eigenvalue weighted by Gasteiger charge is 2.12. The molecule has 0 amide bonds. The van der Waals surface area contributed by atoms with Crippen molar-refractivity contribution >= 4 is 5.84 Å². The highest BCUT2D eigenvalue weighted by atomic mass is 15.3. The van der Waals surface area contributed by atoms with E-state index in [-0.39, 0.29) is 0 Å². The second-order valence-electron chi connectivity index (χ2n) is 5.96. The lowest BCUT2D eigenvalue weighted by Crippen LogP contribution is -2.33. The molecule has 1 aliphatic rings. The average Bonchev–Trinajstić information content (AvgIpc) is 2.71. The third kappa shape index (κ3) is 4.34. The normalized spacial score (nSPS) is 17.9. The van der Waals surface area contributed by atoms with Gasteiger partial charge in [0.2, 0.25) is 0 Å². The van der Waals surface area contributed by atoms with Gasteiger partial charge in [0.15, 0.2) is 0 Å². The zero-order valence-corrected chi connectivity index (χ0v) is 12.8. The monoisotopic (exact) mass is 273 g/mol. The largest absolute Gasteiger partial charge is 0.312 e. The SMILES string of the molecule is Cc1ccc(CC(=NC2CCCCCC2)NN)cc1C. The molecule has 1 aromatic carbocycles. The van der Waals surface area contributed by atoms with E-state index in [1.54, 1.807) is 0 Å². The van der Waals surface area contributed by atoms with Gasteiger partial charge in [-0.15, -0.1) is 0 Å². The zero-order valence-electron chi connectivity index (χ0n) is 12.8. The number of rotatable bonds is 3. The summed E-state index contributed by atoms with van der Waals surface area (Å²) in [4.78, 5) is 4.84. The topological polar surface area (TPSA) is 50.4 Å². The van der Waals surface area contributed by atoms with E-state index < -0.39 is 0 Å². The van der Waals surface area contributed by atoms with Crippen LogP contribution in [-0.2, 0) is 6.42 Å². The van der Waals surface area contributed by atoms with E-state index >= 15 is 0 Å². The fourth-order valence-corrected chi connectivity index (χ4v) is 2.85. The van der Waals surface area contributed by atoms with Gasteiger partial charge < -0.3 is 5.43 Å². The molecule has 1 fully saturated rings. The van der Waals surface area contributed by atoms with Gasteiger partial charge in [-0.1, -0.05) is 43.9 Å². The fourth-order valence-electron chi connectivity index (χ4n) is 2.85. The van der Waals surface area contributed by atoms with Gasteiger partial charge in [-0.2, -0.15) is 0 Å². The van der Waals surface area contributed by atoms with Crippen LogP contribution < -0.4 is 11.3 Å². The molecule has 0 bridgehead atoms. The first-order chi connectivity index (χ1) is 9.69. The molecule has 0 saturated heterocycles. The lowest BCUT2D eigenvalue weighted by Gasteiger charge is -2.13. The molecular formula is C17H27N3. The van der Waals surface area contributed by atoms with E-state index in [1.807, 2.05) is 0 Å². The molecule has 20 heavy (non-hydrogen) atoms. The molecule has 1 aliphatic carbocycles. The zero-order chi connectivity index (χ0) is 14.4. The Kier molecular flexibility index (Phi) is 5.60. The number of amidine groups is 1. The van der Waals surface area contributed by atoms with Crippen LogP contribution in [0.25, 0.3) is 0 Å². The summed E-state index contributed by atoms with van der Waals surface area (Å²) in [6.07, 6.45) is 8.53. The Morgan fingerprint density at radius 3 is 2.45 bits per heavy atom. The van der Waals surface area contributed by atoms with Crippen molar-refractivity contribution in [2.75, 3.05) is 0 Å². The summed E-state index contributed by atoms with van der Waals surface area (Å²) in [6, 6.07) is 7.03. The molecule has 3 nitrogen and oxygen atoms in total. The van der Waals surface area contributed by atoms with Crippen LogP contribution in [0, 0.1) is 13.8 Å². The third-order valence-corrected chi connectivity index (χ3v) is 4.27. The molecule has 3 N–H and O–H groups in total. The van der Waals surface area contributed by atoms with E-state index in [9.17, 15) is 0 Å². The first-order valence-electron chi connectivity index (χ1n) is 7.78. The molecule has 3 heteroatoms. The van der Waals surface area contributed by atoms with Gasteiger partial charge in [-0.05, 0) is 43.4 Å². The van der Waals surface area contributed by atoms with Gasteiger partial charge in [0.25, 0.3) is 0 Å². The van der Waals surface area contributed by atoms with Crippen molar-refractivity contribution in [2.24, 2.45) is 10.8 Å². The predicted molar refractivity (Wildman–Crippen MR) is 85.9 cm³/mol. The van der Waals surface area contributed by atoms with Crippen LogP contribution in [0.5, 0.6) is 0 Å². The van der Waals surface area contributed by atoms with Gasteiger partial charge in [-0.3, -0.25) is 4.99 Å². The molecule has 0 unspecified atom stereocenters. The number of nitrogens with one attached hydrogen (secondary N) is 1. The van der Waals surface area contributed by atoms with Crippen molar-refractivity contribution in [2.45, 2.75) is 64.8 Å². The minimum atomic E-state index is 0.454. The second-order valence-corrected chi connectivity index (χ2v) is 5.96. The Balaban J connectivity index is 2.05. The Morgan fingerprint density at radius 1 is 1.15 bits per heavy atom. The van der Waals surface area contributed by atoms with Crippen molar-refractivity contribution in [1.82, 2.24) is 5.43 Å². The van der Waals surface area contributed by atoms with E-state index in [2.05, 4.69) is 37.5 Å². The number of hydrogen-bond donors (Lipinski definition) is 2. The Labute approximate surface area is 122 Å². The van der Waals surface area contributed by atoms with Crippen LogP contribution >= 0.6 is 0 Å². The van der Waals surface area contributed by atoms with E-state index in [1.165, 1.54) is 55.2 Å². The standard InChI is InChI=1S/C17H27N3/c1-13-9-10-15(11-14(13)2)12-17(20-18)19-16-7-5-3-4-6-8-16/h9-11,16H,3-8,12,18H2,1-2H3,(H,19,20). The second kappa shape index (κ2) is 7.44. The number of hydrogen-bond acceptors (Lipinski definition) is 2. The quantitative estimate of drug-likeness (QED) is 0.291. The molecule has 0 aliphatic heterocycles. The summed E-state index contributed by atoms with van der Waals surface area (Å²) in [6.45, 7) is 4.29. The molecule has 1 aromatic rings. The van der Waals surface area contributed by atoms with Crippen LogP contribution in [0.4, 0.5) is 0 Å². The molecule has 0 radical (unpaired) electrons. The molecule has 0 aromatic heterocycles. The van der Waals surface area contributed by atoms with Crippen LogP contribution in [-0.4, -0.2) is 11.9 Å². The number of hydrazine groups is 1. The van der Waals surface area contributed by atoms with Crippen LogP contribution in [0.1, 0.15) is 55.2 Å². The number of benzene rings is 1. The van der Waals surface area contributed by atoms with E-state index in [0.29, 0.717) is 6.04 Å². The number of nitrogens with zero attached hydrogens (tertiary/aromatic N) is 1.